The van der Waals surface area contributed by atoms with Crippen molar-refractivity contribution < 1.29 is 0 Å². The molecule has 0 aliphatic rings. The zero-order chi connectivity index (χ0) is 13.1. The predicted molar refractivity (Wildman–Crippen MR) is 82.1 cm³/mol. The number of nitrogens with one attached hydrogen (secondary N) is 1. The third-order valence-corrected chi connectivity index (χ3v) is 3.48. The van der Waals surface area contributed by atoms with E-state index >= 15 is 0 Å². The van der Waals surface area contributed by atoms with Crippen LogP contribution in [0.3, 0.4) is 0 Å². The number of benzene rings is 2. The Labute approximate surface area is 117 Å². The maximum atomic E-state index is 3.52. The van der Waals surface area contributed by atoms with Gasteiger partial charge in [-0.2, -0.15) is 0 Å². The lowest BCUT2D eigenvalue weighted by atomic mass is 10.1. The third-order valence-electron chi connectivity index (χ3n) is 3.02. The zero-order valence-electron chi connectivity index (χ0n) is 11.0. The number of rotatable bonds is 3. The third kappa shape index (κ3) is 3.36. The summed E-state index contributed by atoms with van der Waals surface area (Å²) in [4.78, 5) is 0. The topological polar surface area (TPSA) is 12.0 Å². The van der Waals surface area contributed by atoms with Crippen molar-refractivity contribution in [3.63, 3.8) is 0 Å². The lowest BCUT2D eigenvalue weighted by Gasteiger charge is -2.11. The van der Waals surface area contributed by atoms with Crippen molar-refractivity contribution in [2.45, 2.75) is 27.3 Å². The Morgan fingerprint density at radius 2 is 1.72 bits per heavy atom. The van der Waals surface area contributed by atoms with Gasteiger partial charge in [-0.15, -0.1) is 0 Å². The van der Waals surface area contributed by atoms with E-state index in [0.29, 0.717) is 0 Å². The molecule has 2 rings (SSSR count). The average molecular weight is 304 g/mol. The van der Waals surface area contributed by atoms with Crippen molar-refractivity contribution in [2.75, 3.05) is 5.32 Å². The normalized spacial score (nSPS) is 10.4. The summed E-state index contributed by atoms with van der Waals surface area (Å²) in [6.45, 7) is 7.26. The van der Waals surface area contributed by atoms with Crippen molar-refractivity contribution in [1.82, 2.24) is 0 Å². The largest absolute Gasteiger partial charge is 0.381 e. The monoisotopic (exact) mass is 303 g/mol. The van der Waals surface area contributed by atoms with Crippen LogP contribution in [0.15, 0.2) is 40.9 Å². The molecule has 1 nitrogen and oxygen atoms in total. The lowest BCUT2D eigenvalue weighted by molar-refractivity contribution is 1.11. The smallest absolute Gasteiger partial charge is 0.0403 e. The maximum Gasteiger partial charge on any atom is 0.0403 e. The van der Waals surface area contributed by atoms with Gasteiger partial charge in [0.05, 0.1) is 0 Å². The second-order valence-electron chi connectivity index (χ2n) is 4.80. The molecule has 18 heavy (non-hydrogen) atoms. The fraction of sp³-hybridized carbons (Fsp3) is 0.250. The van der Waals surface area contributed by atoms with Crippen LogP contribution in [-0.4, -0.2) is 0 Å². The first-order valence-corrected chi connectivity index (χ1v) is 6.91. The quantitative estimate of drug-likeness (QED) is 0.842. The van der Waals surface area contributed by atoms with Gasteiger partial charge in [-0.3, -0.25) is 0 Å². The standard InChI is InChI=1S/C16H18BrN/c1-11-4-5-14(13(3)6-11)10-18-16-8-12(2)7-15(17)9-16/h4-9,18H,10H2,1-3H3. The average Bonchev–Trinajstić information content (AvgIpc) is 2.26. The highest BCUT2D eigenvalue weighted by atomic mass is 79.9. The Bertz CT molecular complexity index is 541. The van der Waals surface area contributed by atoms with Crippen LogP contribution in [0.5, 0.6) is 0 Å². The summed E-state index contributed by atoms with van der Waals surface area (Å²) in [7, 11) is 0. The molecule has 0 fully saturated rings. The van der Waals surface area contributed by atoms with Gasteiger partial charge in [0.25, 0.3) is 0 Å². The van der Waals surface area contributed by atoms with Gasteiger partial charge in [-0.25, -0.2) is 0 Å². The predicted octanol–water partition coefficient (Wildman–Crippen LogP) is 4.99. The van der Waals surface area contributed by atoms with Crippen LogP contribution < -0.4 is 5.32 Å². The van der Waals surface area contributed by atoms with E-state index in [9.17, 15) is 0 Å². The fourth-order valence-electron chi connectivity index (χ4n) is 2.08. The van der Waals surface area contributed by atoms with Crippen LogP contribution in [0.1, 0.15) is 22.3 Å². The van der Waals surface area contributed by atoms with Gasteiger partial charge < -0.3 is 5.32 Å². The summed E-state index contributed by atoms with van der Waals surface area (Å²) in [5.74, 6) is 0. The Morgan fingerprint density at radius 1 is 0.944 bits per heavy atom. The molecule has 2 aromatic rings. The molecule has 0 aliphatic heterocycles. The number of anilines is 1. The Morgan fingerprint density at radius 3 is 2.39 bits per heavy atom. The molecule has 0 atom stereocenters. The molecule has 0 spiro atoms. The van der Waals surface area contributed by atoms with Crippen molar-refractivity contribution in [1.29, 1.82) is 0 Å². The Kier molecular flexibility index (Phi) is 4.07. The lowest BCUT2D eigenvalue weighted by Crippen LogP contribution is -2.01. The highest BCUT2D eigenvalue weighted by Crippen LogP contribution is 2.20. The molecule has 0 saturated heterocycles. The summed E-state index contributed by atoms with van der Waals surface area (Å²) in [6, 6.07) is 13.0. The van der Waals surface area contributed by atoms with E-state index in [-0.39, 0.29) is 0 Å². The van der Waals surface area contributed by atoms with Gasteiger partial charge in [0, 0.05) is 16.7 Å². The van der Waals surface area contributed by atoms with Crippen LogP contribution in [-0.2, 0) is 6.54 Å². The van der Waals surface area contributed by atoms with Crippen molar-refractivity contribution in [3.8, 4) is 0 Å². The molecule has 2 heteroatoms. The summed E-state index contributed by atoms with van der Waals surface area (Å²) in [6.07, 6.45) is 0. The summed E-state index contributed by atoms with van der Waals surface area (Å²) in [5.41, 5.74) is 6.41. The number of hydrogen-bond acceptors (Lipinski definition) is 1. The minimum absolute atomic E-state index is 0.863. The molecule has 2 aromatic carbocycles. The van der Waals surface area contributed by atoms with Crippen LogP contribution in [0.2, 0.25) is 0 Å². The van der Waals surface area contributed by atoms with E-state index in [1.165, 1.54) is 22.3 Å². The zero-order valence-corrected chi connectivity index (χ0v) is 12.6. The van der Waals surface area contributed by atoms with Crippen LogP contribution in [0, 0.1) is 20.8 Å². The van der Waals surface area contributed by atoms with Gasteiger partial charge in [-0.1, -0.05) is 39.7 Å². The van der Waals surface area contributed by atoms with Gasteiger partial charge in [0.2, 0.25) is 0 Å². The van der Waals surface area contributed by atoms with Crippen molar-refractivity contribution >= 4 is 21.6 Å². The summed E-state index contributed by atoms with van der Waals surface area (Å²) < 4.78 is 1.12. The van der Waals surface area contributed by atoms with E-state index in [0.717, 1.165) is 16.7 Å². The minimum Gasteiger partial charge on any atom is -0.381 e. The second-order valence-corrected chi connectivity index (χ2v) is 5.72. The molecular weight excluding hydrogens is 286 g/mol. The second kappa shape index (κ2) is 5.57. The molecule has 0 amide bonds. The number of aryl methyl sites for hydroxylation is 3. The highest BCUT2D eigenvalue weighted by Gasteiger charge is 2.00. The molecule has 0 heterocycles. The molecule has 0 unspecified atom stereocenters. The maximum absolute atomic E-state index is 3.52. The first-order chi connectivity index (χ1) is 8.54. The van der Waals surface area contributed by atoms with E-state index in [2.05, 4.69) is 78.4 Å². The Hall–Kier alpha value is -1.28. The van der Waals surface area contributed by atoms with E-state index in [1.54, 1.807) is 0 Å². The number of hydrogen-bond donors (Lipinski definition) is 1. The first-order valence-electron chi connectivity index (χ1n) is 6.12. The molecule has 0 radical (unpaired) electrons. The van der Waals surface area contributed by atoms with Gasteiger partial charge in [-0.05, 0) is 55.7 Å². The molecule has 0 bridgehead atoms. The molecular formula is C16H18BrN. The van der Waals surface area contributed by atoms with Crippen LogP contribution in [0.25, 0.3) is 0 Å². The molecule has 94 valence electrons. The van der Waals surface area contributed by atoms with E-state index in [4.69, 9.17) is 0 Å². The minimum atomic E-state index is 0.863. The van der Waals surface area contributed by atoms with E-state index in [1.807, 2.05) is 0 Å². The van der Waals surface area contributed by atoms with Gasteiger partial charge in [0.1, 0.15) is 0 Å². The SMILES string of the molecule is Cc1cc(Br)cc(NCc2ccc(C)cc2C)c1. The first kappa shape index (κ1) is 13.2. The summed E-state index contributed by atoms with van der Waals surface area (Å²) in [5, 5.41) is 3.47. The molecule has 0 aromatic heterocycles. The van der Waals surface area contributed by atoms with Crippen molar-refractivity contribution in [3.05, 3.63) is 63.1 Å². The Balaban J connectivity index is 2.11. The number of halogens is 1. The van der Waals surface area contributed by atoms with E-state index < -0.39 is 0 Å². The van der Waals surface area contributed by atoms with Gasteiger partial charge in [0.15, 0.2) is 0 Å². The van der Waals surface area contributed by atoms with Crippen LogP contribution >= 0.6 is 15.9 Å². The van der Waals surface area contributed by atoms with Crippen molar-refractivity contribution in [2.24, 2.45) is 0 Å². The molecule has 0 aliphatic carbocycles. The molecule has 1 N–H and O–H groups in total. The fourth-order valence-corrected chi connectivity index (χ4v) is 2.69. The highest BCUT2D eigenvalue weighted by molar-refractivity contribution is 9.10. The molecule has 0 saturated carbocycles. The van der Waals surface area contributed by atoms with Gasteiger partial charge >= 0.3 is 0 Å². The van der Waals surface area contributed by atoms with Crippen LogP contribution in [0.4, 0.5) is 5.69 Å². The summed E-state index contributed by atoms with van der Waals surface area (Å²) >= 11 is 3.52.